The van der Waals surface area contributed by atoms with Crippen LogP contribution in [0.2, 0.25) is 0 Å². The Morgan fingerprint density at radius 2 is 1.01 bits per heavy atom. The molecule has 0 saturated carbocycles. The fourth-order valence-corrected chi connectivity index (χ4v) is 7.24. The molecule has 0 unspecified atom stereocenters. The largest absolute Gasteiger partial charge is 0.481 e. The number of carboxylic acids is 1. The molecule has 0 aliphatic rings. The second-order valence-corrected chi connectivity index (χ2v) is 18.6. The summed E-state index contributed by atoms with van der Waals surface area (Å²) in [7, 11) is 0. The van der Waals surface area contributed by atoms with E-state index in [1.54, 1.807) is 27.7 Å². The predicted molar refractivity (Wildman–Crippen MR) is 276 cm³/mol. The molecule has 0 radical (unpaired) electrons. The number of amides is 11. The van der Waals surface area contributed by atoms with E-state index in [2.05, 4.69) is 52.8 Å². The van der Waals surface area contributed by atoms with E-state index in [0.717, 1.165) is 0 Å². The lowest BCUT2D eigenvalue weighted by atomic mass is 9.97. The van der Waals surface area contributed by atoms with E-state index in [4.69, 9.17) is 34.4 Å². The van der Waals surface area contributed by atoms with Crippen molar-refractivity contribution in [3.05, 3.63) is 0 Å². The molecular formula is C46H84N16O14. The molecule has 30 heteroatoms. The average Bonchev–Trinajstić information content (AvgIpc) is 3.33. The van der Waals surface area contributed by atoms with Crippen LogP contribution in [-0.4, -0.2) is 168 Å². The van der Waals surface area contributed by atoms with Gasteiger partial charge in [-0.25, -0.2) is 0 Å². The van der Waals surface area contributed by atoms with Crippen molar-refractivity contribution in [3.8, 4) is 0 Å². The van der Waals surface area contributed by atoms with Crippen LogP contribution in [0.3, 0.4) is 0 Å². The minimum atomic E-state index is -1.90. The fourth-order valence-electron chi connectivity index (χ4n) is 7.24. The smallest absolute Gasteiger partial charge is 0.305 e. The van der Waals surface area contributed by atoms with Gasteiger partial charge in [-0.05, 0) is 89.1 Å². The lowest BCUT2D eigenvalue weighted by Crippen LogP contribution is -2.61. The average molecular weight is 1090 g/mol. The quantitative estimate of drug-likeness (QED) is 0.0154. The molecule has 0 heterocycles. The van der Waals surface area contributed by atoms with Crippen LogP contribution in [0.15, 0.2) is 4.99 Å². The summed E-state index contributed by atoms with van der Waals surface area (Å²) < 4.78 is 0. The lowest BCUT2D eigenvalue weighted by Gasteiger charge is -2.29. The van der Waals surface area contributed by atoms with Crippen LogP contribution in [0.4, 0.5) is 0 Å². The van der Waals surface area contributed by atoms with Crippen LogP contribution in [0.25, 0.3) is 0 Å². The van der Waals surface area contributed by atoms with Gasteiger partial charge < -0.3 is 92.5 Å². The van der Waals surface area contributed by atoms with Gasteiger partial charge in [0.1, 0.15) is 48.3 Å². The third kappa shape index (κ3) is 29.0. The number of aliphatic hydroxyl groups is 1. The number of nitrogens with zero attached hydrogens (tertiary/aromatic N) is 1. The maximum atomic E-state index is 14.0. The SMILES string of the molecule is CC[C@H](C)[C@H](NC(=O)[C@H](CO)NC(=O)[C@H](CCCCN)NC(=O)CNC(=O)[C@H](CCCCN)NC(C)=O)C(=O)N[C@@H](CCC(N)=O)C(=O)N[C@@H](CC(=O)O)C(=O)N[C@@H](CC(C)C)C(=O)N[C@@H](CCCN=C(N)N)C(N)=O. The van der Waals surface area contributed by atoms with Crippen molar-refractivity contribution in [1.29, 1.82) is 0 Å². The molecule has 0 fully saturated rings. The minimum absolute atomic E-state index is 0.00656. The van der Waals surface area contributed by atoms with Crippen molar-refractivity contribution >= 4 is 76.9 Å². The third-order valence-electron chi connectivity index (χ3n) is 11.5. The second kappa shape index (κ2) is 37.5. The molecule has 0 spiro atoms. The van der Waals surface area contributed by atoms with Gasteiger partial charge in [-0.1, -0.05) is 34.1 Å². The van der Waals surface area contributed by atoms with E-state index in [1.165, 1.54) is 6.92 Å². The van der Waals surface area contributed by atoms with Crippen LogP contribution in [0.5, 0.6) is 0 Å². The van der Waals surface area contributed by atoms with Crippen LogP contribution < -0.4 is 82.3 Å². The molecule has 0 rings (SSSR count). The topological polar surface area (TPSA) is 522 Å². The first-order valence-electron chi connectivity index (χ1n) is 25.2. The lowest BCUT2D eigenvalue weighted by molar-refractivity contribution is -0.141. The van der Waals surface area contributed by atoms with Crippen LogP contribution >= 0.6 is 0 Å². The molecule has 76 heavy (non-hydrogen) atoms. The van der Waals surface area contributed by atoms with E-state index in [9.17, 15) is 67.7 Å². The molecule has 9 atom stereocenters. The normalized spacial score (nSPS) is 14.5. The van der Waals surface area contributed by atoms with Crippen LogP contribution in [0.1, 0.15) is 118 Å². The van der Waals surface area contributed by atoms with Gasteiger partial charge in [0.15, 0.2) is 5.96 Å². The number of aliphatic hydroxyl groups excluding tert-OH is 1. The summed E-state index contributed by atoms with van der Waals surface area (Å²) in [5.41, 5.74) is 32.7. The number of unbranched alkanes of at least 4 members (excludes halogenated alkanes) is 2. The Balaban J connectivity index is 6.45. The number of carbonyl (C=O) groups excluding carboxylic acids is 11. The summed E-state index contributed by atoms with van der Waals surface area (Å²) in [6, 6.07) is -11.7. The molecule has 0 aromatic rings. The number of aliphatic imine (C=N–C) groups is 1. The van der Waals surface area contributed by atoms with Crippen molar-refractivity contribution in [2.75, 3.05) is 32.8 Å². The van der Waals surface area contributed by atoms with Crippen LogP contribution in [0, 0.1) is 11.8 Å². The molecule has 0 aliphatic heterocycles. The Morgan fingerprint density at radius 3 is 1.50 bits per heavy atom. The number of guanidine groups is 1. The highest BCUT2D eigenvalue weighted by Gasteiger charge is 2.36. The molecule has 0 bridgehead atoms. The molecular weight excluding hydrogens is 1000 g/mol. The van der Waals surface area contributed by atoms with Crippen molar-refractivity contribution in [2.45, 2.75) is 166 Å². The summed E-state index contributed by atoms with van der Waals surface area (Å²) in [6.45, 7) is 6.95. The number of hydrogen-bond donors (Lipinski definition) is 17. The number of rotatable bonds is 40. The van der Waals surface area contributed by atoms with Gasteiger partial charge in [0.25, 0.3) is 0 Å². The highest BCUT2D eigenvalue weighted by Crippen LogP contribution is 2.12. The van der Waals surface area contributed by atoms with Gasteiger partial charge in [0, 0.05) is 19.9 Å². The number of hydrogen-bond acceptors (Lipinski definition) is 16. The molecule has 0 aromatic carbocycles. The zero-order valence-electron chi connectivity index (χ0n) is 44.2. The van der Waals surface area contributed by atoms with Gasteiger partial charge in [0.05, 0.1) is 19.6 Å². The first-order valence-corrected chi connectivity index (χ1v) is 25.2. The van der Waals surface area contributed by atoms with Crippen molar-refractivity contribution in [2.24, 2.45) is 51.2 Å². The molecule has 0 saturated heterocycles. The van der Waals surface area contributed by atoms with E-state index >= 15 is 0 Å². The Morgan fingerprint density at radius 1 is 0.539 bits per heavy atom. The summed E-state index contributed by atoms with van der Waals surface area (Å²) in [4.78, 5) is 160. The highest BCUT2D eigenvalue weighted by atomic mass is 16.4. The maximum Gasteiger partial charge on any atom is 0.305 e. The van der Waals surface area contributed by atoms with E-state index in [-0.39, 0.29) is 63.5 Å². The molecule has 432 valence electrons. The number of carbonyl (C=O) groups is 12. The molecule has 30 nitrogen and oxygen atoms in total. The molecule has 23 N–H and O–H groups in total. The van der Waals surface area contributed by atoms with Crippen molar-refractivity contribution in [3.63, 3.8) is 0 Å². The monoisotopic (exact) mass is 1080 g/mol. The van der Waals surface area contributed by atoms with Gasteiger partial charge >= 0.3 is 5.97 Å². The predicted octanol–water partition coefficient (Wildman–Crippen LogP) is -6.38. The number of aliphatic carboxylic acids is 1. The Labute approximate surface area is 442 Å². The summed E-state index contributed by atoms with van der Waals surface area (Å²) >= 11 is 0. The van der Waals surface area contributed by atoms with E-state index in [0.29, 0.717) is 32.2 Å². The van der Waals surface area contributed by atoms with E-state index in [1.807, 2.05) is 0 Å². The summed E-state index contributed by atoms with van der Waals surface area (Å²) in [5.74, 6) is -12.7. The Kier molecular flexibility index (Phi) is 34.0. The zero-order chi connectivity index (χ0) is 58.1. The second-order valence-electron chi connectivity index (χ2n) is 18.6. The minimum Gasteiger partial charge on any atom is -0.481 e. The van der Waals surface area contributed by atoms with E-state index < -0.39 is 158 Å². The van der Waals surface area contributed by atoms with Crippen molar-refractivity contribution < 1.29 is 67.7 Å². The van der Waals surface area contributed by atoms with Crippen molar-refractivity contribution in [1.82, 2.24) is 47.9 Å². The zero-order valence-corrected chi connectivity index (χ0v) is 44.2. The van der Waals surface area contributed by atoms with Gasteiger partial charge in [-0.3, -0.25) is 62.5 Å². The Hall–Kier alpha value is -7.21. The standard InChI is InChI=1S/C46H84N16O14/c1-6-25(4)37(62-44(75)33(23-63)61-40(71)29(13-8-10-18-48)56-35(66)22-54-39(70)28(55-26(5)64)12-7-9-17-47)45(76)58-30(15-16-34(49)65)41(72)60-32(21-36(67)68)43(74)59-31(20-24(2)3)42(73)57-27(38(50)69)14-11-19-53-46(51)52/h24-25,27-33,37,63H,6-23,47-48H2,1-5H3,(H2,49,65)(H2,50,69)(H,54,70)(H,55,64)(H,56,66)(H,57,73)(H,58,76)(H,59,74)(H,60,72)(H,61,71)(H,62,75)(H,67,68)(H4,51,52,53)/t25-,27-,28-,29-,30-,31-,32-,33-,37-/m0/s1. The Bertz CT molecular complexity index is 1990. The van der Waals surface area contributed by atoms with Gasteiger partial charge in [0.2, 0.25) is 65.0 Å². The molecule has 0 aromatic heterocycles. The van der Waals surface area contributed by atoms with Gasteiger partial charge in [-0.15, -0.1) is 0 Å². The summed E-state index contributed by atoms with van der Waals surface area (Å²) in [5, 5.41) is 41.8. The third-order valence-corrected chi connectivity index (χ3v) is 11.5. The highest BCUT2D eigenvalue weighted by molar-refractivity contribution is 5.99. The number of nitrogens with two attached hydrogens (primary N) is 6. The first kappa shape index (κ1) is 68.8. The molecule has 11 amide bonds. The number of primary amides is 2. The summed E-state index contributed by atoms with van der Waals surface area (Å²) in [6.07, 6.45) is 0.501. The van der Waals surface area contributed by atoms with Gasteiger partial charge in [-0.2, -0.15) is 0 Å². The first-order chi connectivity index (χ1) is 35.7. The number of nitrogens with one attached hydrogen (secondary N) is 9. The number of carboxylic acid groups (broad SMARTS) is 1. The van der Waals surface area contributed by atoms with Crippen LogP contribution in [-0.2, 0) is 57.5 Å². The fraction of sp³-hybridized carbons (Fsp3) is 0.717. The molecule has 0 aliphatic carbocycles. The maximum absolute atomic E-state index is 14.0.